The van der Waals surface area contributed by atoms with Crippen molar-refractivity contribution < 1.29 is 0 Å². The Balaban J connectivity index is 1.61. The molecule has 0 heterocycles. The highest BCUT2D eigenvalue weighted by molar-refractivity contribution is 5.09. The Morgan fingerprint density at radius 2 is 1.59 bits per heavy atom. The maximum atomic E-state index is 6.31. The highest BCUT2D eigenvalue weighted by Gasteiger charge is 2.59. The lowest BCUT2D eigenvalue weighted by Gasteiger charge is -2.61. The van der Waals surface area contributed by atoms with Gasteiger partial charge in [-0.15, -0.1) is 0 Å². The van der Waals surface area contributed by atoms with Crippen LogP contribution in [0.1, 0.15) is 85.0 Å². The highest BCUT2D eigenvalue weighted by atomic mass is 14.7. The van der Waals surface area contributed by atoms with Gasteiger partial charge in [-0.05, 0) is 98.2 Å². The summed E-state index contributed by atoms with van der Waals surface area (Å²) in [5, 5.41) is 0. The second-order valence-electron chi connectivity index (χ2n) is 9.92. The van der Waals surface area contributed by atoms with E-state index < -0.39 is 0 Å². The summed E-state index contributed by atoms with van der Waals surface area (Å²) in [4.78, 5) is 0. The summed E-state index contributed by atoms with van der Waals surface area (Å²) in [5.74, 6) is 5.07. The fourth-order valence-corrected chi connectivity index (χ4v) is 8.07. The van der Waals surface area contributed by atoms with Gasteiger partial charge in [-0.2, -0.15) is 0 Å². The van der Waals surface area contributed by atoms with Crippen molar-refractivity contribution in [3.63, 3.8) is 0 Å². The molecule has 0 aromatic heterocycles. The zero-order chi connectivity index (χ0) is 15.5. The molecule has 4 saturated carbocycles. The van der Waals surface area contributed by atoms with E-state index in [1.807, 2.05) is 0 Å². The molecule has 0 aromatic rings. The first-order chi connectivity index (χ1) is 10.5. The minimum atomic E-state index is 0.499. The molecule has 0 bridgehead atoms. The van der Waals surface area contributed by atoms with Crippen molar-refractivity contribution in [3.8, 4) is 0 Å². The molecule has 0 spiro atoms. The number of hydrogen-bond acceptors (Lipinski definition) is 1. The molecule has 4 rings (SSSR count). The Labute approximate surface area is 137 Å². The van der Waals surface area contributed by atoms with Crippen LogP contribution in [0.3, 0.4) is 0 Å². The third-order valence-electron chi connectivity index (χ3n) is 9.40. The van der Waals surface area contributed by atoms with E-state index in [-0.39, 0.29) is 0 Å². The van der Waals surface area contributed by atoms with Crippen LogP contribution in [0.4, 0.5) is 0 Å². The molecule has 22 heavy (non-hydrogen) atoms. The van der Waals surface area contributed by atoms with E-state index in [4.69, 9.17) is 5.73 Å². The zero-order valence-electron chi connectivity index (χ0n) is 15.1. The Kier molecular flexibility index (Phi) is 3.68. The smallest absolute Gasteiger partial charge is 0.00418 e. The molecule has 1 nitrogen and oxygen atoms in total. The van der Waals surface area contributed by atoms with Crippen molar-refractivity contribution >= 4 is 0 Å². The van der Waals surface area contributed by atoms with Crippen LogP contribution in [-0.2, 0) is 0 Å². The first kappa shape index (κ1) is 15.5. The van der Waals surface area contributed by atoms with E-state index in [0.29, 0.717) is 16.9 Å². The van der Waals surface area contributed by atoms with E-state index in [1.54, 1.807) is 0 Å². The van der Waals surface area contributed by atoms with Gasteiger partial charge in [-0.3, -0.25) is 0 Å². The first-order valence-corrected chi connectivity index (χ1v) is 10.2. The van der Waals surface area contributed by atoms with E-state index in [1.165, 1.54) is 64.2 Å². The quantitative estimate of drug-likeness (QED) is 0.691. The Hall–Kier alpha value is -0.0400. The fraction of sp³-hybridized carbons (Fsp3) is 1.00. The lowest BCUT2D eigenvalue weighted by Crippen LogP contribution is -2.54. The van der Waals surface area contributed by atoms with Gasteiger partial charge in [0.1, 0.15) is 0 Å². The molecule has 1 heteroatoms. The van der Waals surface area contributed by atoms with Gasteiger partial charge in [0.25, 0.3) is 0 Å². The number of nitrogens with two attached hydrogens (primary N) is 1. The summed E-state index contributed by atoms with van der Waals surface area (Å²) in [7, 11) is 0. The molecule has 8 atom stereocenters. The van der Waals surface area contributed by atoms with Crippen LogP contribution in [0.25, 0.3) is 0 Å². The summed E-state index contributed by atoms with van der Waals surface area (Å²) in [6.07, 6.45) is 14.5. The standard InChI is InChI=1S/C21H37N/c1-4-14-6-8-18-17-7-5-15-13-16(22)9-11-21(15,3)19(17)10-12-20(14,18)2/h14-19H,4-13,22H2,1-3H3/t14-,15-,16+,17-,18-,19-,20+,21-/m0/s1. The molecular weight excluding hydrogens is 266 g/mol. The average molecular weight is 304 g/mol. The van der Waals surface area contributed by atoms with Crippen LogP contribution in [0.15, 0.2) is 0 Å². The number of rotatable bonds is 1. The molecule has 4 aliphatic rings. The number of fused-ring (bicyclic) bond motifs is 5. The highest BCUT2D eigenvalue weighted by Crippen LogP contribution is 2.67. The second kappa shape index (κ2) is 5.23. The summed E-state index contributed by atoms with van der Waals surface area (Å²) in [6, 6.07) is 0.499. The predicted octanol–water partition coefficient (Wildman–Crippen LogP) is 5.38. The van der Waals surface area contributed by atoms with Crippen molar-refractivity contribution in [3.05, 3.63) is 0 Å². The molecular formula is C21H37N. The number of hydrogen-bond donors (Lipinski definition) is 1. The molecule has 0 aromatic carbocycles. The average Bonchev–Trinajstić information content (AvgIpc) is 2.84. The summed E-state index contributed by atoms with van der Waals surface area (Å²) < 4.78 is 0. The largest absolute Gasteiger partial charge is 0.328 e. The van der Waals surface area contributed by atoms with Gasteiger partial charge in [-0.1, -0.05) is 27.2 Å². The fourth-order valence-electron chi connectivity index (χ4n) is 8.07. The zero-order valence-corrected chi connectivity index (χ0v) is 15.1. The van der Waals surface area contributed by atoms with Crippen molar-refractivity contribution in [2.75, 3.05) is 0 Å². The molecule has 0 unspecified atom stereocenters. The second-order valence-corrected chi connectivity index (χ2v) is 9.92. The molecule has 0 saturated heterocycles. The van der Waals surface area contributed by atoms with E-state index in [2.05, 4.69) is 20.8 Å². The minimum Gasteiger partial charge on any atom is -0.328 e. The van der Waals surface area contributed by atoms with Crippen LogP contribution in [-0.4, -0.2) is 6.04 Å². The summed E-state index contributed by atoms with van der Waals surface area (Å²) in [5.41, 5.74) is 7.63. The van der Waals surface area contributed by atoms with Gasteiger partial charge >= 0.3 is 0 Å². The molecule has 0 radical (unpaired) electrons. The maximum absolute atomic E-state index is 6.31. The van der Waals surface area contributed by atoms with Crippen LogP contribution >= 0.6 is 0 Å². The molecule has 4 aliphatic carbocycles. The SMILES string of the molecule is CC[C@H]1CC[C@H]2[C@@H]3CC[C@H]4C[C@H](N)CC[C@]4(C)[C@H]3CC[C@]12C. The van der Waals surface area contributed by atoms with E-state index in [0.717, 1.165) is 29.6 Å². The predicted molar refractivity (Wildman–Crippen MR) is 93.5 cm³/mol. The topological polar surface area (TPSA) is 26.0 Å². The van der Waals surface area contributed by atoms with Crippen LogP contribution in [0, 0.1) is 40.4 Å². The van der Waals surface area contributed by atoms with Gasteiger partial charge in [0.2, 0.25) is 0 Å². The molecule has 4 fully saturated rings. The normalized spacial score (nSPS) is 57.8. The monoisotopic (exact) mass is 303 g/mol. The van der Waals surface area contributed by atoms with E-state index >= 15 is 0 Å². The van der Waals surface area contributed by atoms with Gasteiger partial charge < -0.3 is 5.73 Å². The van der Waals surface area contributed by atoms with E-state index in [9.17, 15) is 0 Å². The summed E-state index contributed by atoms with van der Waals surface area (Å²) in [6.45, 7) is 7.76. The van der Waals surface area contributed by atoms with Crippen molar-refractivity contribution in [1.29, 1.82) is 0 Å². The third-order valence-corrected chi connectivity index (χ3v) is 9.40. The summed E-state index contributed by atoms with van der Waals surface area (Å²) >= 11 is 0. The maximum Gasteiger partial charge on any atom is 0.00418 e. The Morgan fingerprint density at radius 1 is 0.864 bits per heavy atom. The van der Waals surface area contributed by atoms with Gasteiger partial charge in [-0.25, -0.2) is 0 Å². The lowest BCUT2D eigenvalue weighted by atomic mass is 9.44. The Bertz CT molecular complexity index is 432. The van der Waals surface area contributed by atoms with Crippen LogP contribution < -0.4 is 5.73 Å². The van der Waals surface area contributed by atoms with Crippen molar-refractivity contribution in [2.24, 2.45) is 46.2 Å². The van der Waals surface area contributed by atoms with Crippen molar-refractivity contribution in [2.45, 2.75) is 91.0 Å². The molecule has 0 amide bonds. The molecule has 126 valence electrons. The third kappa shape index (κ3) is 2.00. The van der Waals surface area contributed by atoms with Crippen LogP contribution in [0.5, 0.6) is 0 Å². The lowest BCUT2D eigenvalue weighted by molar-refractivity contribution is -0.113. The Morgan fingerprint density at radius 3 is 2.36 bits per heavy atom. The molecule has 0 aliphatic heterocycles. The van der Waals surface area contributed by atoms with Gasteiger partial charge in [0.15, 0.2) is 0 Å². The molecule has 2 N–H and O–H groups in total. The minimum absolute atomic E-state index is 0.499. The van der Waals surface area contributed by atoms with Crippen LogP contribution in [0.2, 0.25) is 0 Å². The van der Waals surface area contributed by atoms with Gasteiger partial charge in [0.05, 0.1) is 0 Å². The van der Waals surface area contributed by atoms with Gasteiger partial charge in [0, 0.05) is 6.04 Å². The first-order valence-electron chi connectivity index (χ1n) is 10.2. The van der Waals surface area contributed by atoms with Crippen molar-refractivity contribution in [1.82, 2.24) is 0 Å².